The van der Waals surface area contributed by atoms with Crippen LogP contribution in [0, 0.1) is 12.8 Å². The molecule has 0 atom stereocenters. The normalized spacial score (nSPS) is 11.5. The Balaban J connectivity index is 2.24. The summed E-state index contributed by atoms with van der Waals surface area (Å²) in [5.41, 5.74) is 0.605. The van der Waals surface area contributed by atoms with Crippen LogP contribution < -0.4 is 0 Å². The molecular weight excluding hydrogens is 352 g/mol. The first-order valence-electron chi connectivity index (χ1n) is 9.76. The van der Waals surface area contributed by atoms with Crippen LogP contribution in [0.4, 0.5) is 0 Å². The van der Waals surface area contributed by atoms with Gasteiger partial charge in [0.05, 0.1) is 6.54 Å². The molecule has 0 spiro atoms. The van der Waals surface area contributed by atoms with Gasteiger partial charge in [0.1, 0.15) is 18.1 Å². The summed E-state index contributed by atoms with van der Waals surface area (Å²) in [6.07, 6.45) is 0. The lowest BCUT2D eigenvalue weighted by molar-refractivity contribution is -0.147. The summed E-state index contributed by atoms with van der Waals surface area (Å²) in [4.78, 5) is 29.4. The number of benzene rings is 1. The van der Waals surface area contributed by atoms with E-state index in [-0.39, 0.29) is 24.3 Å². The fraction of sp³-hybridized carbons (Fsp3) is 0.478. The van der Waals surface area contributed by atoms with E-state index in [9.17, 15) is 9.59 Å². The first-order valence-corrected chi connectivity index (χ1v) is 9.76. The predicted molar refractivity (Wildman–Crippen MR) is 110 cm³/mol. The zero-order valence-corrected chi connectivity index (χ0v) is 17.9. The summed E-state index contributed by atoms with van der Waals surface area (Å²) in [5, 5.41) is 0. The van der Waals surface area contributed by atoms with E-state index in [0.29, 0.717) is 13.1 Å². The van der Waals surface area contributed by atoms with Gasteiger partial charge in [0.2, 0.25) is 11.8 Å². The maximum atomic E-state index is 13.2. The van der Waals surface area contributed by atoms with Crippen LogP contribution in [-0.2, 0) is 22.7 Å². The van der Waals surface area contributed by atoms with Crippen molar-refractivity contribution in [3.8, 4) is 0 Å². The number of aryl methyl sites for hydroxylation is 1. The van der Waals surface area contributed by atoms with Gasteiger partial charge in [-0.15, -0.1) is 0 Å². The molecule has 0 radical (unpaired) electrons. The molecule has 0 aliphatic carbocycles. The van der Waals surface area contributed by atoms with Gasteiger partial charge in [-0.25, -0.2) is 0 Å². The average Bonchev–Trinajstić information content (AvgIpc) is 3.03. The average molecular weight is 385 g/mol. The minimum Gasteiger partial charge on any atom is -0.464 e. The second-order valence-corrected chi connectivity index (χ2v) is 8.50. The molecule has 28 heavy (non-hydrogen) atoms. The van der Waals surface area contributed by atoms with E-state index < -0.39 is 5.54 Å². The van der Waals surface area contributed by atoms with Crippen molar-refractivity contribution in [2.45, 2.75) is 60.2 Å². The molecule has 1 aromatic heterocycles. The molecule has 0 aliphatic rings. The Hall–Kier alpha value is -2.56. The Labute approximate surface area is 168 Å². The van der Waals surface area contributed by atoms with E-state index in [4.69, 9.17) is 4.42 Å². The SMILES string of the molecule is Cc1ccc(CN(Cc2ccccc2)C(=O)CN(C(=O)C(C)C)C(C)(C)C)o1. The summed E-state index contributed by atoms with van der Waals surface area (Å²) >= 11 is 0. The number of furan rings is 1. The van der Waals surface area contributed by atoms with E-state index in [0.717, 1.165) is 17.1 Å². The van der Waals surface area contributed by atoms with Crippen LogP contribution in [0.3, 0.4) is 0 Å². The third-order valence-electron chi connectivity index (χ3n) is 4.57. The Morgan fingerprint density at radius 3 is 2.14 bits per heavy atom. The van der Waals surface area contributed by atoms with Crippen LogP contribution in [0.5, 0.6) is 0 Å². The molecule has 0 fully saturated rings. The lowest BCUT2D eigenvalue weighted by Gasteiger charge is -2.37. The molecule has 0 unspecified atom stereocenters. The summed E-state index contributed by atoms with van der Waals surface area (Å²) in [5.74, 6) is 1.27. The van der Waals surface area contributed by atoms with Gasteiger partial charge in [0.15, 0.2) is 0 Å². The van der Waals surface area contributed by atoms with Crippen molar-refractivity contribution >= 4 is 11.8 Å². The molecule has 2 amide bonds. The molecular formula is C23H32N2O3. The smallest absolute Gasteiger partial charge is 0.242 e. The molecule has 2 aromatic rings. The standard InChI is InChI=1S/C23H32N2O3/c1-17(2)22(27)25(23(4,5)6)16-21(26)24(14-19-10-8-7-9-11-19)15-20-13-12-18(3)28-20/h7-13,17H,14-16H2,1-6H3. The lowest BCUT2D eigenvalue weighted by atomic mass is 10.0. The first-order chi connectivity index (χ1) is 13.1. The largest absolute Gasteiger partial charge is 0.464 e. The van der Waals surface area contributed by atoms with Gasteiger partial charge in [-0.2, -0.15) is 0 Å². The number of nitrogens with zero attached hydrogens (tertiary/aromatic N) is 2. The lowest BCUT2D eigenvalue weighted by Crippen LogP contribution is -2.52. The molecule has 2 rings (SSSR count). The van der Waals surface area contributed by atoms with Crippen molar-refractivity contribution in [3.63, 3.8) is 0 Å². The van der Waals surface area contributed by atoms with E-state index in [2.05, 4.69) is 0 Å². The molecule has 0 saturated heterocycles. The Morgan fingerprint density at radius 1 is 1.00 bits per heavy atom. The molecule has 5 nitrogen and oxygen atoms in total. The molecule has 152 valence electrons. The fourth-order valence-electron chi connectivity index (χ4n) is 2.99. The minimum atomic E-state index is -0.434. The van der Waals surface area contributed by atoms with Crippen LogP contribution in [0.1, 0.15) is 51.7 Å². The van der Waals surface area contributed by atoms with E-state index >= 15 is 0 Å². The Morgan fingerprint density at radius 2 is 1.64 bits per heavy atom. The number of rotatable bonds is 7. The summed E-state index contributed by atoms with van der Waals surface area (Å²) in [7, 11) is 0. The summed E-state index contributed by atoms with van der Waals surface area (Å²) in [6.45, 7) is 12.4. The van der Waals surface area contributed by atoms with E-state index in [1.165, 1.54) is 0 Å². The van der Waals surface area contributed by atoms with Crippen LogP contribution in [0.25, 0.3) is 0 Å². The first kappa shape index (κ1) is 21.7. The van der Waals surface area contributed by atoms with Crippen molar-refractivity contribution in [3.05, 3.63) is 59.5 Å². The number of hydrogen-bond acceptors (Lipinski definition) is 3. The highest BCUT2D eigenvalue weighted by Crippen LogP contribution is 2.19. The monoisotopic (exact) mass is 384 g/mol. The van der Waals surface area contributed by atoms with Crippen LogP contribution >= 0.6 is 0 Å². The third kappa shape index (κ3) is 5.98. The van der Waals surface area contributed by atoms with Crippen LogP contribution in [0.2, 0.25) is 0 Å². The third-order valence-corrected chi connectivity index (χ3v) is 4.57. The van der Waals surface area contributed by atoms with Gasteiger partial charge >= 0.3 is 0 Å². The molecule has 5 heteroatoms. The number of hydrogen-bond donors (Lipinski definition) is 0. The Kier molecular flexibility index (Phi) is 7.05. The number of carbonyl (C=O) groups is 2. The van der Waals surface area contributed by atoms with Gasteiger partial charge in [-0.3, -0.25) is 9.59 Å². The molecule has 0 bridgehead atoms. The van der Waals surface area contributed by atoms with Gasteiger partial charge in [-0.1, -0.05) is 44.2 Å². The van der Waals surface area contributed by atoms with E-state index in [1.807, 2.05) is 84.0 Å². The minimum absolute atomic E-state index is 0.0191. The number of carbonyl (C=O) groups excluding carboxylic acids is 2. The zero-order valence-electron chi connectivity index (χ0n) is 17.9. The molecule has 0 aliphatic heterocycles. The topological polar surface area (TPSA) is 53.8 Å². The number of amides is 2. The molecule has 1 heterocycles. The van der Waals surface area contributed by atoms with Crippen LogP contribution in [-0.4, -0.2) is 33.7 Å². The van der Waals surface area contributed by atoms with Gasteiger partial charge in [0.25, 0.3) is 0 Å². The fourth-order valence-corrected chi connectivity index (χ4v) is 2.99. The molecule has 0 N–H and O–H groups in total. The molecule has 1 aromatic carbocycles. The van der Waals surface area contributed by atoms with Crippen molar-refractivity contribution < 1.29 is 14.0 Å². The second-order valence-electron chi connectivity index (χ2n) is 8.50. The van der Waals surface area contributed by atoms with Crippen molar-refractivity contribution in [2.24, 2.45) is 5.92 Å². The predicted octanol–water partition coefficient (Wildman–Crippen LogP) is 4.40. The summed E-state index contributed by atoms with van der Waals surface area (Å²) in [6, 6.07) is 13.6. The Bertz CT molecular complexity index is 788. The molecule has 0 saturated carbocycles. The van der Waals surface area contributed by atoms with Crippen molar-refractivity contribution in [1.29, 1.82) is 0 Å². The van der Waals surface area contributed by atoms with Gasteiger partial charge < -0.3 is 14.2 Å². The van der Waals surface area contributed by atoms with Crippen molar-refractivity contribution in [2.75, 3.05) is 6.54 Å². The maximum absolute atomic E-state index is 13.2. The van der Waals surface area contributed by atoms with Gasteiger partial charge in [-0.05, 0) is 45.4 Å². The highest BCUT2D eigenvalue weighted by atomic mass is 16.3. The van der Waals surface area contributed by atoms with E-state index in [1.54, 1.807) is 9.80 Å². The van der Waals surface area contributed by atoms with Gasteiger partial charge in [0, 0.05) is 18.0 Å². The quantitative estimate of drug-likeness (QED) is 0.711. The highest BCUT2D eigenvalue weighted by molar-refractivity contribution is 5.86. The highest BCUT2D eigenvalue weighted by Gasteiger charge is 2.31. The zero-order chi connectivity index (χ0) is 20.9. The van der Waals surface area contributed by atoms with Crippen LogP contribution in [0.15, 0.2) is 46.9 Å². The van der Waals surface area contributed by atoms with Crippen molar-refractivity contribution in [1.82, 2.24) is 9.80 Å². The summed E-state index contributed by atoms with van der Waals surface area (Å²) < 4.78 is 5.69. The maximum Gasteiger partial charge on any atom is 0.242 e. The second kappa shape index (κ2) is 9.09.